The molecule has 3 rings (SSSR count). The molecule has 5 heteroatoms. The highest BCUT2D eigenvalue weighted by Gasteiger charge is 2.09. The molecule has 0 fully saturated rings. The summed E-state index contributed by atoms with van der Waals surface area (Å²) in [6.45, 7) is 0. The van der Waals surface area contributed by atoms with Gasteiger partial charge in [-0.1, -0.05) is 12.1 Å². The highest BCUT2D eigenvalue weighted by atomic mass is 16.3. The fourth-order valence-electron chi connectivity index (χ4n) is 1.93. The zero-order chi connectivity index (χ0) is 13.4. The molecular weight excluding hydrogens is 244 g/mol. The fraction of sp³-hybridized carbons (Fsp3) is 0. The van der Waals surface area contributed by atoms with E-state index in [1.807, 2.05) is 0 Å². The molecule has 1 aromatic heterocycles. The number of hydrogen-bond donors (Lipinski definition) is 3. The lowest BCUT2D eigenvalue weighted by atomic mass is 10.1. The van der Waals surface area contributed by atoms with E-state index in [1.54, 1.807) is 24.3 Å². The van der Waals surface area contributed by atoms with Crippen molar-refractivity contribution in [3.8, 4) is 22.9 Å². The first-order chi connectivity index (χ1) is 9.15. The Labute approximate surface area is 107 Å². The summed E-state index contributed by atoms with van der Waals surface area (Å²) in [5, 5.41) is 19.5. The lowest BCUT2D eigenvalue weighted by Gasteiger charge is -2.05. The number of aromatic hydroxyl groups is 2. The molecule has 94 valence electrons. The zero-order valence-electron chi connectivity index (χ0n) is 9.79. The SMILES string of the molecule is O=c1[nH]c(-c2ccc(O)cc2O)nc2ccccc12. The molecule has 19 heavy (non-hydrogen) atoms. The average molecular weight is 254 g/mol. The Bertz CT molecular complexity index is 824. The van der Waals surface area contributed by atoms with Crippen molar-refractivity contribution in [2.24, 2.45) is 0 Å². The van der Waals surface area contributed by atoms with Gasteiger partial charge >= 0.3 is 0 Å². The smallest absolute Gasteiger partial charge is 0.259 e. The van der Waals surface area contributed by atoms with Crippen LogP contribution >= 0.6 is 0 Å². The summed E-state index contributed by atoms with van der Waals surface area (Å²) in [5.41, 5.74) is 0.641. The number of phenols is 2. The lowest BCUT2D eigenvalue weighted by Crippen LogP contribution is -2.09. The Morgan fingerprint density at radius 1 is 1.05 bits per heavy atom. The maximum atomic E-state index is 11.9. The van der Waals surface area contributed by atoms with Crippen LogP contribution < -0.4 is 5.56 Å². The molecule has 0 unspecified atom stereocenters. The van der Waals surface area contributed by atoms with Gasteiger partial charge in [-0.15, -0.1) is 0 Å². The highest BCUT2D eigenvalue weighted by molar-refractivity contribution is 5.80. The molecule has 0 amide bonds. The van der Waals surface area contributed by atoms with Gasteiger partial charge in [0.2, 0.25) is 0 Å². The van der Waals surface area contributed by atoms with Gasteiger partial charge < -0.3 is 15.2 Å². The van der Waals surface area contributed by atoms with Crippen LogP contribution in [0.4, 0.5) is 0 Å². The minimum Gasteiger partial charge on any atom is -0.508 e. The topological polar surface area (TPSA) is 86.2 Å². The van der Waals surface area contributed by atoms with E-state index in [0.717, 1.165) is 0 Å². The molecule has 0 bridgehead atoms. The summed E-state index contributed by atoms with van der Waals surface area (Å²) in [6, 6.07) is 11.1. The van der Waals surface area contributed by atoms with Crippen molar-refractivity contribution in [3.05, 3.63) is 52.8 Å². The van der Waals surface area contributed by atoms with E-state index < -0.39 is 0 Å². The number of phenolic OH excluding ortho intramolecular Hbond substituents is 2. The standard InChI is InChI=1S/C14H10N2O3/c17-8-5-6-10(12(18)7-8)13-15-11-4-2-1-3-9(11)14(19)16-13/h1-7,17-18H,(H,15,16,19). The summed E-state index contributed by atoms with van der Waals surface area (Å²) >= 11 is 0. The third-order valence-corrected chi connectivity index (χ3v) is 2.85. The molecule has 0 aliphatic rings. The molecule has 0 saturated carbocycles. The molecule has 3 N–H and O–H groups in total. The minimum atomic E-state index is -0.270. The van der Waals surface area contributed by atoms with E-state index in [0.29, 0.717) is 16.5 Å². The summed E-state index contributed by atoms with van der Waals surface area (Å²) in [7, 11) is 0. The van der Waals surface area contributed by atoms with Crippen LogP contribution in [0.2, 0.25) is 0 Å². The van der Waals surface area contributed by atoms with Crippen LogP contribution in [0.5, 0.6) is 11.5 Å². The van der Waals surface area contributed by atoms with Gasteiger partial charge in [-0.2, -0.15) is 0 Å². The summed E-state index contributed by atoms with van der Waals surface area (Å²) in [4.78, 5) is 18.8. The van der Waals surface area contributed by atoms with E-state index in [4.69, 9.17) is 0 Å². The first-order valence-corrected chi connectivity index (χ1v) is 5.66. The summed E-state index contributed by atoms with van der Waals surface area (Å²) in [5.74, 6) is 0.0732. The van der Waals surface area contributed by atoms with Gasteiger partial charge in [0.15, 0.2) is 0 Å². The van der Waals surface area contributed by atoms with Crippen molar-refractivity contribution in [2.45, 2.75) is 0 Å². The molecular formula is C14H10N2O3. The van der Waals surface area contributed by atoms with Gasteiger partial charge in [0.25, 0.3) is 5.56 Å². The number of nitrogens with zero attached hydrogens (tertiary/aromatic N) is 1. The number of nitrogens with one attached hydrogen (secondary N) is 1. The van der Waals surface area contributed by atoms with E-state index in [9.17, 15) is 15.0 Å². The van der Waals surface area contributed by atoms with Gasteiger partial charge in [-0.3, -0.25) is 4.79 Å². The first kappa shape index (κ1) is 11.3. The lowest BCUT2D eigenvalue weighted by molar-refractivity contribution is 0.451. The number of hydrogen-bond acceptors (Lipinski definition) is 4. The number of fused-ring (bicyclic) bond motifs is 1. The number of aromatic amines is 1. The van der Waals surface area contributed by atoms with Gasteiger partial charge in [-0.05, 0) is 24.3 Å². The molecule has 5 nitrogen and oxygen atoms in total. The molecule has 0 spiro atoms. The van der Waals surface area contributed by atoms with Crippen LogP contribution in [0.1, 0.15) is 0 Å². The van der Waals surface area contributed by atoms with Crippen molar-refractivity contribution in [3.63, 3.8) is 0 Å². The van der Waals surface area contributed by atoms with E-state index in [1.165, 1.54) is 18.2 Å². The summed E-state index contributed by atoms with van der Waals surface area (Å²) < 4.78 is 0. The molecule has 0 radical (unpaired) electrons. The normalized spacial score (nSPS) is 10.7. The van der Waals surface area contributed by atoms with Gasteiger partial charge in [0.05, 0.1) is 16.5 Å². The fourth-order valence-corrected chi connectivity index (χ4v) is 1.93. The second-order valence-electron chi connectivity index (χ2n) is 4.13. The second-order valence-corrected chi connectivity index (χ2v) is 4.13. The van der Waals surface area contributed by atoms with Gasteiger partial charge in [-0.25, -0.2) is 4.98 Å². The largest absolute Gasteiger partial charge is 0.508 e. The second kappa shape index (κ2) is 4.13. The number of rotatable bonds is 1. The third kappa shape index (κ3) is 1.91. The van der Waals surface area contributed by atoms with Crippen molar-refractivity contribution >= 4 is 10.9 Å². The number of H-pyrrole nitrogens is 1. The van der Waals surface area contributed by atoms with E-state index in [2.05, 4.69) is 9.97 Å². The third-order valence-electron chi connectivity index (χ3n) is 2.85. The first-order valence-electron chi connectivity index (χ1n) is 5.66. The zero-order valence-corrected chi connectivity index (χ0v) is 9.79. The number of benzene rings is 2. The van der Waals surface area contributed by atoms with E-state index >= 15 is 0 Å². The molecule has 0 saturated heterocycles. The molecule has 1 heterocycles. The highest BCUT2D eigenvalue weighted by Crippen LogP contribution is 2.29. The molecule has 0 atom stereocenters. The number of para-hydroxylation sites is 1. The predicted molar refractivity (Wildman–Crippen MR) is 71.1 cm³/mol. The predicted octanol–water partition coefficient (Wildman–Crippen LogP) is 2.00. The monoisotopic (exact) mass is 254 g/mol. The van der Waals surface area contributed by atoms with E-state index in [-0.39, 0.29) is 22.9 Å². The number of aromatic nitrogens is 2. The van der Waals surface area contributed by atoms with Crippen LogP contribution in [0, 0.1) is 0 Å². The van der Waals surface area contributed by atoms with Gasteiger partial charge in [0, 0.05) is 6.07 Å². The van der Waals surface area contributed by atoms with Crippen molar-refractivity contribution < 1.29 is 10.2 Å². The van der Waals surface area contributed by atoms with Crippen molar-refractivity contribution in [1.29, 1.82) is 0 Å². The Balaban J connectivity index is 2.28. The Morgan fingerprint density at radius 2 is 1.84 bits per heavy atom. The summed E-state index contributed by atoms with van der Waals surface area (Å²) in [6.07, 6.45) is 0. The molecule has 3 aromatic rings. The average Bonchev–Trinajstić information content (AvgIpc) is 2.38. The molecule has 2 aromatic carbocycles. The van der Waals surface area contributed by atoms with Crippen molar-refractivity contribution in [1.82, 2.24) is 9.97 Å². The van der Waals surface area contributed by atoms with Crippen LogP contribution in [0.3, 0.4) is 0 Å². The maximum absolute atomic E-state index is 11.9. The van der Waals surface area contributed by atoms with Crippen LogP contribution in [0.15, 0.2) is 47.3 Å². The Kier molecular flexibility index (Phi) is 2.45. The Hall–Kier alpha value is -2.82. The molecule has 0 aliphatic carbocycles. The maximum Gasteiger partial charge on any atom is 0.259 e. The Morgan fingerprint density at radius 3 is 2.63 bits per heavy atom. The van der Waals surface area contributed by atoms with Gasteiger partial charge in [0.1, 0.15) is 17.3 Å². The quantitative estimate of drug-likeness (QED) is 0.620. The van der Waals surface area contributed by atoms with Crippen LogP contribution in [0.25, 0.3) is 22.3 Å². The molecule has 0 aliphatic heterocycles. The van der Waals surface area contributed by atoms with Crippen LogP contribution in [-0.4, -0.2) is 20.2 Å². The minimum absolute atomic E-state index is 0.0515. The van der Waals surface area contributed by atoms with Crippen molar-refractivity contribution in [2.75, 3.05) is 0 Å². The van der Waals surface area contributed by atoms with Crippen LogP contribution in [-0.2, 0) is 0 Å².